The molecule has 1 aliphatic carbocycles. The molecule has 2 atom stereocenters. The first kappa shape index (κ1) is 15.5. The first-order valence-corrected chi connectivity index (χ1v) is 8.52. The Morgan fingerprint density at radius 2 is 2.27 bits per heavy atom. The van der Waals surface area contributed by atoms with Gasteiger partial charge in [0.05, 0.1) is 0 Å². The number of nitrogens with zero attached hydrogens (tertiary/aromatic N) is 3. The summed E-state index contributed by atoms with van der Waals surface area (Å²) in [6.07, 6.45) is 9.08. The highest BCUT2D eigenvalue weighted by Crippen LogP contribution is 2.46. The number of aryl methyl sites for hydroxylation is 1. The molecule has 1 N–H and O–H groups in total. The number of carbonyl (C=O) groups excluding carboxylic acids is 1. The topological polar surface area (TPSA) is 58.4 Å². The molecule has 22 heavy (non-hydrogen) atoms. The number of aliphatic hydroxyl groups excluding tert-OH is 1. The van der Waals surface area contributed by atoms with Gasteiger partial charge in [0.15, 0.2) is 0 Å². The zero-order chi connectivity index (χ0) is 15.7. The SMILES string of the molecule is CCC1(C(=O)N2CCCC(C(O)c3nccn3C)C2)CCC1. The molecule has 2 unspecified atom stereocenters. The van der Waals surface area contributed by atoms with E-state index in [-0.39, 0.29) is 11.3 Å². The second-order valence-corrected chi connectivity index (χ2v) is 6.98. The van der Waals surface area contributed by atoms with E-state index < -0.39 is 6.10 Å². The molecule has 5 heteroatoms. The van der Waals surface area contributed by atoms with E-state index in [9.17, 15) is 9.90 Å². The first-order chi connectivity index (χ1) is 10.6. The van der Waals surface area contributed by atoms with Gasteiger partial charge in [0.1, 0.15) is 11.9 Å². The lowest BCUT2D eigenvalue weighted by atomic mass is 9.66. The number of imidazole rings is 1. The number of rotatable bonds is 4. The van der Waals surface area contributed by atoms with Gasteiger partial charge in [0.25, 0.3) is 0 Å². The van der Waals surface area contributed by atoms with Gasteiger partial charge < -0.3 is 14.6 Å². The Morgan fingerprint density at radius 1 is 1.50 bits per heavy atom. The van der Waals surface area contributed by atoms with Crippen LogP contribution in [0.15, 0.2) is 12.4 Å². The summed E-state index contributed by atoms with van der Waals surface area (Å²) < 4.78 is 1.87. The zero-order valence-corrected chi connectivity index (χ0v) is 13.7. The van der Waals surface area contributed by atoms with E-state index in [2.05, 4.69) is 11.9 Å². The third-order valence-electron chi connectivity index (χ3n) is 5.76. The maximum atomic E-state index is 12.9. The van der Waals surface area contributed by atoms with Crippen LogP contribution in [0.5, 0.6) is 0 Å². The third-order valence-corrected chi connectivity index (χ3v) is 5.76. The van der Waals surface area contributed by atoms with Gasteiger partial charge in [0.2, 0.25) is 5.91 Å². The molecule has 1 aromatic rings. The Bertz CT molecular complexity index is 530. The molecule has 1 saturated heterocycles. The number of amides is 1. The smallest absolute Gasteiger partial charge is 0.228 e. The summed E-state index contributed by atoms with van der Waals surface area (Å²) in [6, 6.07) is 0. The lowest BCUT2D eigenvalue weighted by Crippen LogP contribution is -2.51. The van der Waals surface area contributed by atoms with Crippen LogP contribution in [0.1, 0.15) is 57.4 Å². The van der Waals surface area contributed by atoms with Crippen molar-refractivity contribution < 1.29 is 9.90 Å². The van der Waals surface area contributed by atoms with Gasteiger partial charge in [-0.1, -0.05) is 13.3 Å². The van der Waals surface area contributed by atoms with Crippen molar-refractivity contribution in [2.24, 2.45) is 18.4 Å². The standard InChI is InChI=1S/C17H27N3O2/c1-3-17(7-5-8-17)16(22)20-10-4-6-13(12-20)14(21)15-18-9-11-19(15)2/h9,11,13-14,21H,3-8,10,12H2,1-2H3. The normalized spacial score (nSPS) is 25.6. The summed E-state index contributed by atoms with van der Waals surface area (Å²) in [7, 11) is 1.90. The maximum Gasteiger partial charge on any atom is 0.228 e. The van der Waals surface area contributed by atoms with E-state index in [1.165, 1.54) is 6.42 Å². The van der Waals surface area contributed by atoms with E-state index >= 15 is 0 Å². The molecule has 0 bridgehead atoms. The number of aliphatic hydroxyl groups is 1. The number of likely N-dealkylation sites (tertiary alicyclic amines) is 1. The van der Waals surface area contributed by atoms with E-state index in [4.69, 9.17) is 0 Å². The van der Waals surface area contributed by atoms with Gasteiger partial charge in [-0.3, -0.25) is 4.79 Å². The largest absolute Gasteiger partial charge is 0.385 e. The molecule has 1 aliphatic heterocycles. The maximum absolute atomic E-state index is 12.9. The molecule has 5 nitrogen and oxygen atoms in total. The minimum absolute atomic E-state index is 0.0905. The van der Waals surface area contributed by atoms with E-state index in [1.54, 1.807) is 6.20 Å². The second-order valence-electron chi connectivity index (χ2n) is 6.98. The Balaban J connectivity index is 1.69. The van der Waals surface area contributed by atoms with Crippen LogP contribution in [0.3, 0.4) is 0 Å². The summed E-state index contributed by atoms with van der Waals surface area (Å²) in [5.74, 6) is 1.11. The molecule has 0 aromatic carbocycles. The zero-order valence-electron chi connectivity index (χ0n) is 13.7. The average Bonchev–Trinajstić information content (AvgIpc) is 2.92. The Kier molecular flexibility index (Phi) is 4.26. The number of hydrogen-bond donors (Lipinski definition) is 1. The average molecular weight is 305 g/mol. The van der Waals surface area contributed by atoms with Crippen LogP contribution in [0.2, 0.25) is 0 Å². The molecule has 2 fully saturated rings. The lowest BCUT2D eigenvalue weighted by molar-refractivity contribution is -0.150. The highest BCUT2D eigenvalue weighted by molar-refractivity contribution is 5.83. The predicted octanol–water partition coefficient (Wildman–Crippen LogP) is 2.27. The van der Waals surface area contributed by atoms with Crippen LogP contribution in [0.4, 0.5) is 0 Å². The summed E-state index contributed by atoms with van der Waals surface area (Å²) in [5, 5.41) is 10.6. The molecule has 1 amide bonds. The molecular weight excluding hydrogens is 278 g/mol. The molecule has 1 aromatic heterocycles. The van der Waals surface area contributed by atoms with Crippen LogP contribution in [-0.2, 0) is 11.8 Å². The van der Waals surface area contributed by atoms with Crippen LogP contribution >= 0.6 is 0 Å². The first-order valence-electron chi connectivity index (χ1n) is 8.52. The Morgan fingerprint density at radius 3 is 2.82 bits per heavy atom. The van der Waals surface area contributed by atoms with Crippen LogP contribution < -0.4 is 0 Å². The summed E-state index contributed by atoms with van der Waals surface area (Å²) in [6.45, 7) is 3.63. The summed E-state index contributed by atoms with van der Waals surface area (Å²) >= 11 is 0. The minimum atomic E-state index is -0.588. The van der Waals surface area contributed by atoms with E-state index in [1.807, 2.05) is 22.7 Å². The molecule has 2 heterocycles. The molecule has 2 aliphatic rings. The quantitative estimate of drug-likeness (QED) is 0.928. The van der Waals surface area contributed by atoms with Crippen LogP contribution in [0.25, 0.3) is 0 Å². The van der Waals surface area contributed by atoms with Crippen molar-refractivity contribution in [2.75, 3.05) is 13.1 Å². The fraction of sp³-hybridized carbons (Fsp3) is 0.765. The summed E-state index contributed by atoms with van der Waals surface area (Å²) in [5.41, 5.74) is -0.101. The van der Waals surface area contributed by atoms with Gasteiger partial charge >= 0.3 is 0 Å². The fourth-order valence-corrected chi connectivity index (χ4v) is 3.98. The van der Waals surface area contributed by atoms with Gasteiger partial charge in [-0.2, -0.15) is 0 Å². The molecular formula is C17H27N3O2. The highest BCUT2D eigenvalue weighted by Gasteiger charge is 2.45. The van der Waals surface area contributed by atoms with Crippen molar-refractivity contribution in [1.29, 1.82) is 0 Å². The molecule has 0 radical (unpaired) electrons. The van der Waals surface area contributed by atoms with Crippen molar-refractivity contribution in [3.63, 3.8) is 0 Å². The van der Waals surface area contributed by atoms with Crippen molar-refractivity contribution in [3.8, 4) is 0 Å². The van der Waals surface area contributed by atoms with E-state index in [0.717, 1.165) is 38.6 Å². The van der Waals surface area contributed by atoms with Gasteiger partial charge in [-0.15, -0.1) is 0 Å². The lowest BCUT2D eigenvalue weighted by Gasteiger charge is -2.45. The van der Waals surface area contributed by atoms with Crippen molar-refractivity contribution in [3.05, 3.63) is 18.2 Å². The van der Waals surface area contributed by atoms with Gasteiger partial charge in [0, 0.05) is 43.9 Å². The van der Waals surface area contributed by atoms with Crippen molar-refractivity contribution in [2.45, 2.75) is 51.6 Å². The monoisotopic (exact) mass is 305 g/mol. The predicted molar refractivity (Wildman–Crippen MR) is 84.0 cm³/mol. The van der Waals surface area contributed by atoms with Crippen molar-refractivity contribution >= 4 is 5.91 Å². The number of hydrogen-bond acceptors (Lipinski definition) is 3. The van der Waals surface area contributed by atoms with Crippen LogP contribution in [-0.4, -0.2) is 38.6 Å². The second kappa shape index (κ2) is 6.03. The third kappa shape index (κ3) is 2.56. The fourth-order valence-electron chi connectivity index (χ4n) is 3.98. The number of carbonyl (C=O) groups is 1. The van der Waals surface area contributed by atoms with Crippen molar-refractivity contribution in [1.82, 2.24) is 14.5 Å². The molecule has 1 saturated carbocycles. The molecule has 0 spiro atoms. The molecule has 3 rings (SSSR count). The Labute approximate surface area is 132 Å². The van der Waals surface area contributed by atoms with Gasteiger partial charge in [-0.25, -0.2) is 4.98 Å². The highest BCUT2D eigenvalue weighted by atomic mass is 16.3. The van der Waals surface area contributed by atoms with E-state index in [0.29, 0.717) is 18.3 Å². The Hall–Kier alpha value is -1.36. The number of piperidine rings is 1. The summed E-state index contributed by atoms with van der Waals surface area (Å²) in [4.78, 5) is 19.1. The number of aromatic nitrogens is 2. The van der Waals surface area contributed by atoms with Crippen LogP contribution in [0, 0.1) is 11.3 Å². The molecule has 122 valence electrons. The minimum Gasteiger partial charge on any atom is -0.385 e. The van der Waals surface area contributed by atoms with Gasteiger partial charge in [-0.05, 0) is 32.1 Å².